The number of aryl methyl sites for hydroxylation is 1. The van der Waals surface area contributed by atoms with Gasteiger partial charge in [-0.1, -0.05) is 24.3 Å². The van der Waals surface area contributed by atoms with E-state index in [1.165, 1.54) is 11.3 Å². The van der Waals surface area contributed by atoms with Crippen LogP contribution >= 0.6 is 11.3 Å². The summed E-state index contributed by atoms with van der Waals surface area (Å²) in [6, 6.07) is 8.12. The highest BCUT2D eigenvalue weighted by atomic mass is 32.1. The number of hydrogen-bond acceptors (Lipinski definition) is 6. The van der Waals surface area contributed by atoms with Gasteiger partial charge in [-0.15, -0.1) is 11.3 Å². The highest BCUT2D eigenvalue weighted by Crippen LogP contribution is 2.24. The molecule has 0 aliphatic carbocycles. The Morgan fingerprint density at radius 1 is 1.24 bits per heavy atom. The van der Waals surface area contributed by atoms with E-state index >= 15 is 0 Å². The molecule has 0 fully saturated rings. The minimum absolute atomic E-state index is 0.0937. The van der Waals surface area contributed by atoms with E-state index in [4.69, 9.17) is 9.47 Å². The van der Waals surface area contributed by atoms with Gasteiger partial charge in [-0.05, 0) is 38.8 Å². The monoisotopic (exact) mass is 418 g/mol. The maximum absolute atomic E-state index is 12.0. The predicted molar refractivity (Wildman–Crippen MR) is 116 cm³/mol. The minimum Gasteiger partial charge on any atom is -0.462 e. The fourth-order valence-electron chi connectivity index (χ4n) is 2.65. The smallest absolute Gasteiger partial charge is 0.350 e. The van der Waals surface area contributed by atoms with E-state index in [-0.39, 0.29) is 12.0 Å². The number of carbonyl (C=O) groups is 1. The summed E-state index contributed by atoms with van der Waals surface area (Å²) in [4.78, 5) is 21.8. The maximum atomic E-state index is 12.0. The molecule has 1 aromatic heterocycles. The van der Waals surface area contributed by atoms with Crippen LogP contribution in [-0.2, 0) is 22.6 Å². The first-order valence-electron chi connectivity index (χ1n) is 9.74. The van der Waals surface area contributed by atoms with Gasteiger partial charge >= 0.3 is 5.97 Å². The Morgan fingerprint density at radius 3 is 2.55 bits per heavy atom. The molecule has 1 heterocycles. The molecule has 0 aliphatic rings. The second-order valence-electron chi connectivity index (χ2n) is 6.50. The molecule has 8 heteroatoms. The Morgan fingerprint density at radius 2 is 1.93 bits per heavy atom. The van der Waals surface area contributed by atoms with Crippen molar-refractivity contribution in [3.63, 3.8) is 0 Å². The zero-order valence-electron chi connectivity index (χ0n) is 17.7. The molecule has 158 valence electrons. The number of benzene rings is 1. The Bertz CT molecular complexity index is 818. The summed E-state index contributed by atoms with van der Waals surface area (Å²) >= 11 is 1.35. The van der Waals surface area contributed by atoms with Crippen LogP contribution < -0.4 is 10.6 Å². The third-order valence-electron chi connectivity index (χ3n) is 4.10. The highest BCUT2D eigenvalue weighted by molar-refractivity contribution is 7.13. The van der Waals surface area contributed by atoms with Gasteiger partial charge in [0.05, 0.1) is 31.5 Å². The number of rotatable bonds is 9. The lowest BCUT2D eigenvalue weighted by Gasteiger charge is -2.16. The molecule has 0 amide bonds. The molecular weight excluding hydrogens is 388 g/mol. The fraction of sp³-hybridized carbons (Fsp3) is 0.476. The van der Waals surface area contributed by atoms with Crippen LogP contribution in [0.1, 0.15) is 58.3 Å². The molecule has 1 aromatic carbocycles. The Balaban J connectivity index is 2.06. The average molecular weight is 419 g/mol. The summed E-state index contributed by atoms with van der Waals surface area (Å²) in [6.07, 6.45) is 0. The number of ether oxygens (including phenoxy) is 2. The van der Waals surface area contributed by atoms with Gasteiger partial charge in [0, 0.05) is 13.7 Å². The highest BCUT2D eigenvalue weighted by Gasteiger charge is 2.20. The van der Waals surface area contributed by atoms with Crippen molar-refractivity contribution in [2.75, 3.05) is 20.3 Å². The fourth-order valence-corrected chi connectivity index (χ4v) is 3.62. The first kappa shape index (κ1) is 22.8. The second kappa shape index (κ2) is 11.5. The van der Waals surface area contributed by atoms with Gasteiger partial charge < -0.3 is 20.1 Å². The van der Waals surface area contributed by atoms with E-state index in [0.717, 1.165) is 22.7 Å². The molecule has 1 atom stereocenters. The van der Waals surface area contributed by atoms with Gasteiger partial charge in [-0.25, -0.2) is 14.8 Å². The molecule has 0 saturated carbocycles. The number of aromatic nitrogens is 1. The molecule has 0 aliphatic heterocycles. The van der Waals surface area contributed by atoms with Crippen molar-refractivity contribution >= 4 is 23.3 Å². The van der Waals surface area contributed by atoms with Crippen LogP contribution in [0.5, 0.6) is 0 Å². The zero-order valence-corrected chi connectivity index (χ0v) is 18.6. The quantitative estimate of drug-likeness (QED) is 0.368. The lowest BCUT2D eigenvalue weighted by molar-refractivity contribution is 0.0531. The van der Waals surface area contributed by atoms with Crippen molar-refractivity contribution in [1.82, 2.24) is 15.6 Å². The molecule has 2 N–H and O–H groups in total. The van der Waals surface area contributed by atoms with Crippen molar-refractivity contribution in [3.8, 4) is 0 Å². The number of thiazole rings is 1. The minimum atomic E-state index is -0.321. The van der Waals surface area contributed by atoms with E-state index < -0.39 is 0 Å². The topological polar surface area (TPSA) is 84.8 Å². The normalized spacial score (nSPS) is 12.5. The molecule has 0 spiro atoms. The summed E-state index contributed by atoms with van der Waals surface area (Å²) in [5, 5.41) is 7.44. The summed E-state index contributed by atoms with van der Waals surface area (Å²) < 4.78 is 10.2. The molecule has 0 radical (unpaired) electrons. The first-order valence-corrected chi connectivity index (χ1v) is 10.6. The third-order valence-corrected chi connectivity index (χ3v) is 5.42. The standard InChI is InChI=1S/C21H30N4O3S/c1-6-22-21(23-12-16-8-10-17(11-9-16)13-27-5)25-15(4)19-24-14(3)18(29-19)20(26)28-7-2/h8-11,15H,6-7,12-13H2,1-5H3,(H2,22,23,25). The molecule has 1 unspecified atom stereocenters. The molecule has 7 nitrogen and oxygen atoms in total. The van der Waals surface area contributed by atoms with Crippen molar-refractivity contribution in [1.29, 1.82) is 0 Å². The number of nitrogens with one attached hydrogen (secondary N) is 2. The molecular formula is C21H30N4O3S. The van der Waals surface area contributed by atoms with Crippen LogP contribution in [-0.4, -0.2) is 37.2 Å². The molecule has 2 rings (SSSR count). The zero-order chi connectivity index (χ0) is 21.2. The number of carbonyl (C=O) groups excluding carboxylic acids is 1. The second-order valence-corrected chi connectivity index (χ2v) is 7.53. The average Bonchev–Trinajstić information content (AvgIpc) is 3.10. The Hall–Kier alpha value is -2.45. The molecule has 0 bridgehead atoms. The lowest BCUT2D eigenvalue weighted by Crippen LogP contribution is -2.38. The van der Waals surface area contributed by atoms with E-state index in [9.17, 15) is 4.79 Å². The van der Waals surface area contributed by atoms with Crippen molar-refractivity contribution in [2.24, 2.45) is 4.99 Å². The van der Waals surface area contributed by atoms with Crippen molar-refractivity contribution in [2.45, 2.75) is 46.9 Å². The predicted octanol–water partition coefficient (Wildman–Crippen LogP) is 3.59. The number of nitrogens with zero attached hydrogens (tertiary/aromatic N) is 2. The summed E-state index contributed by atoms with van der Waals surface area (Å²) in [5.41, 5.74) is 2.94. The summed E-state index contributed by atoms with van der Waals surface area (Å²) in [7, 11) is 1.69. The number of hydrogen-bond donors (Lipinski definition) is 2. The van der Waals surface area contributed by atoms with Crippen LogP contribution in [0.3, 0.4) is 0 Å². The van der Waals surface area contributed by atoms with Gasteiger partial charge in [0.25, 0.3) is 0 Å². The van der Waals surface area contributed by atoms with Crippen LogP contribution in [0, 0.1) is 6.92 Å². The Kier molecular flexibility index (Phi) is 9.08. The van der Waals surface area contributed by atoms with Crippen LogP contribution in [0.15, 0.2) is 29.3 Å². The number of aliphatic imine (C=N–C) groups is 1. The first-order chi connectivity index (χ1) is 14.0. The van der Waals surface area contributed by atoms with E-state index in [1.54, 1.807) is 14.0 Å². The van der Waals surface area contributed by atoms with Gasteiger partial charge in [-0.3, -0.25) is 0 Å². The number of methoxy groups -OCH3 is 1. The number of guanidine groups is 1. The van der Waals surface area contributed by atoms with Crippen molar-refractivity contribution in [3.05, 3.63) is 51.0 Å². The third kappa shape index (κ3) is 6.83. The molecule has 0 saturated heterocycles. The van der Waals surface area contributed by atoms with Crippen LogP contribution in [0.25, 0.3) is 0 Å². The lowest BCUT2D eigenvalue weighted by atomic mass is 10.1. The van der Waals surface area contributed by atoms with E-state index in [2.05, 4.69) is 32.7 Å². The van der Waals surface area contributed by atoms with E-state index in [0.29, 0.717) is 36.3 Å². The van der Waals surface area contributed by atoms with Gasteiger partial charge in [0.1, 0.15) is 9.88 Å². The van der Waals surface area contributed by atoms with Gasteiger partial charge in [0.15, 0.2) is 5.96 Å². The van der Waals surface area contributed by atoms with E-state index in [1.807, 2.05) is 32.9 Å². The van der Waals surface area contributed by atoms with Gasteiger partial charge in [-0.2, -0.15) is 0 Å². The van der Waals surface area contributed by atoms with Crippen molar-refractivity contribution < 1.29 is 14.3 Å². The molecule has 2 aromatic rings. The van der Waals surface area contributed by atoms with Crippen LogP contribution in [0.2, 0.25) is 0 Å². The maximum Gasteiger partial charge on any atom is 0.350 e. The molecule has 29 heavy (non-hydrogen) atoms. The Labute approximate surface area is 176 Å². The summed E-state index contributed by atoms with van der Waals surface area (Å²) in [6.45, 7) is 9.90. The largest absolute Gasteiger partial charge is 0.462 e. The van der Waals surface area contributed by atoms with Crippen LogP contribution in [0.4, 0.5) is 0 Å². The summed E-state index contributed by atoms with van der Waals surface area (Å²) in [5.74, 6) is 0.380. The van der Waals surface area contributed by atoms with Gasteiger partial charge in [0.2, 0.25) is 0 Å². The number of esters is 1. The SMILES string of the molecule is CCNC(=NCc1ccc(COC)cc1)NC(C)c1nc(C)c(C(=O)OCC)s1.